The Morgan fingerprint density at radius 2 is 2.19 bits per heavy atom. The number of amides is 1. The smallest absolute Gasteiger partial charge is 0.220 e. The number of nitrogens with one attached hydrogen (secondary N) is 1. The molecule has 1 amide bonds. The fourth-order valence-electron chi connectivity index (χ4n) is 3.64. The molecule has 1 N–H and O–H groups in total. The lowest BCUT2D eigenvalue weighted by Gasteiger charge is -2.27. The van der Waals surface area contributed by atoms with Crippen LogP contribution in [-0.2, 0) is 17.8 Å². The summed E-state index contributed by atoms with van der Waals surface area (Å²) in [6.45, 7) is 10.0. The van der Waals surface area contributed by atoms with Gasteiger partial charge < -0.3 is 10.1 Å². The fraction of sp³-hybridized carbons (Fsp3) is 0.524. The number of hydrogen-bond donors (Lipinski definition) is 1. The molecule has 0 bridgehead atoms. The van der Waals surface area contributed by atoms with Crippen LogP contribution in [0.3, 0.4) is 0 Å². The summed E-state index contributed by atoms with van der Waals surface area (Å²) in [6.07, 6.45) is 1.98. The largest absolute Gasteiger partial charge is 0.493 e. The van der Waals surface area contributed by atoms with E-state index in [2.05, 4.69) is 51.8 Å². The Morgan fingerprint density at radius 1 is 1.41 bits per heavy atom. The van der Waals surface area contributed by atoms with Crippen LogP contribution in [-0.4, -0.2) is 22.3 Å². The van der Waals surface area contributed by atoms with Crippen molar-refractivity contribution in [1.29, 1.82) is 0 Å². The van der Waals surface area contributed by atoms with Crippen molar-refractivity contribution in [1.82, 2.24) is 15.1 Å². The number of aryl methyl sites for hydroxylation is 1. The van der Waals surface area contributed by atoms with E-state index in [1.165, 1.54) is 11.3 Å². The molecule has 3 rings (SSSR count). The normalized spacial score (nSPS) is 16.1. The van der Waals surface area contributed by atoms with Gasteiger partial charge in [0.15, 0.2) is 0 Å². The molecule has 1 aliphatic heterocycles. The van der Waals surface area contributed by atoms with Crippen LogP contribution in [0.5, 0.6) is 5.75 Å². The molecule has 2 heterocycles. The Hall–Kier alpha value is -1.82. The van der Waals surface area contributed by atoms with Crippen molar-refractivity contribution in [3.05, 3.63) is 45.2 Å². The van der Waals surface area contributed by atoms with Crippen molar-refractivity contribution in [2.75, 3.05) is 6.61 Å². The molecule has 0 saturated carbocycles. The van der Waals surface area contributed by atoms with Gasteiger partial charge in [-0.25, -0.2) is 0 Å². The highest BCUT2D eigenvalue weighted by Gasteiger charge is 2.23. The number of aromatic nitrogens is 2. The minimum absolute atomic E-state index is 0.00427. The molecule has 1 aromatic carbocycles. The molecule has 0 radical (unpaired) electrons. The highest BCUT2D eigenvalue weighted by molar-refractivity contribution is 9.10. The molecular weight excluding hydrogens is 406 g/mol. The highest BCUT2D eigenvalue weighted by Crippen LogP contribution is 2.34. The first-order valence-electron chi connectivity index (χ1n) is 9.59. The molecule has 1 aromatic heterocycles. The van der Waals surface area contributed by atoms with Crippen molar-refractivity contribution < 1.29 is 9.53 Å². The summed E-state index contributed by atoms with van der Waals surface area (Å²) in [6, 6.07) is 5.95. The molecule has 6 heteroatoms. The molecule has 0 fully saturated rings. The number of ether oxygens (including phenoxy) is 1. The van der Waals surface area contributed by atoms with Gasteiger partial charge in [-0.1, -0.05) is 29.8 Å². The molecule has 146 valence electrons. The third-order valence-electron chi connectivity index (χ3n) is 5.02. The van der Waals surface area contributed by atoms with Crippen LogP contribution in [0.1, 0.15) is 55.2 Å². The Bertz CT molecular complexity index is 829. The summed E-state index contributed by atoms with van der Waals surface area (Å²) in [7, 11) is 0. The van der Waals surface area contributed by atoms with Crippen LogP contribution in [0.15, 0.2) is 22.7 Å². The average molecular weight is 434 g/mol. The lowest BCUT2D eigenvalue weighted by molar-refractivity contribution is -0.122. The Balaban J connectivity index is 1.63. The molecule has 0 spiro atoms. The van der Waals surface area contributed by atoms with E-state index in [9.17, 15) is 4.79 Å². The van der Waals surface area contributed by atoms with Crippen molar-refractivity contribution in [2.45, 2.75) is 59.5 Å². The van der Waals surface area contributed by atoms with Crippen LogP contribution in [0, 0.1) is 19.8 Å². The van der Waals surface area contributed by atoms with Crippen LogP contribution in [0.25, 0.3) is 0 Å². The lowest BCUT2D eigenvalue weighted by Crippen LogP contribution is -2.32. The predicted molar refractivity (Wildman–Crippen MR) is 110 cm³/mol. The van der Waals surface area contributed by atoms with Crippen LogP contribution < -0.4 is 10.1 Å². The number of rotatable bonds is 6. The summed E-state index contributed by atoms with van der Waals surface area (Å²) in [4.78, 5) is 12.6. The summed E-state index contributed by atoms with van der Waals surface area (Å²) in [5, 5.41) is 7.83. The number of carbonyl (C=O) groups is 1. The van der Waals surface area contributed by atoms with Crippen molar-refractivity contribution in [2.24, 2.45) is 5.92 Å². The van der Waals surface area contributed by atoms with Gasteiger partial charge in [-0.3, -0.25) is 9.48 Å². The van der Waals surface area contributed by atoms with Gasteiger partial charge >= 0.3 is 0 Å². The van der Waals surface area contributed by atoms with E-state index in [-0.39, 0.29) is 11.9 Å². The second-order valence-corrected chi connectivity index (χ2v) is 8.58. The molecule has 5 nitrogen and oxygen atoms in total. The fourth-order valence-corrected chi connectivity index (χ4v) is 4.02. The minimum Gasteiger partial charge on any atom is -0.493 e. The maximum Gasteiger partial charge on any atom is 0.220 e. The van der Waals surface area contributed by atoms with Crippen LogP contribution >= 0.6 is 15.9 Å². The van der Waals surface area contributed by atoms with E-state index < -0.39 is 0 Å². The summed E-state index contributed by atoms with van der Waals surface area (Å²) < 4.78 is 8.77. The van der Waals surface area contributed by atoms with Gasteiger partial charge in [0, 0.05) is 35.1 Å². The topological polar surface area (TPSA) is 56.2 Å². The van der Waals surface area contributed by atoms with E-state index in [1.807, 2.05) is 25.1 Å². The first-order chi connectivity index (χ1) is 12.8. The Morgan fingerprint density at radius 3 is 2.93 bits per heavy atom. The van der Waals surface area contributed by atoms with Crippen LogP contribution in [0.4, 0.5) is 0 Å². The molecule has 0 saturated heterocycles. The molecule has 2 aromatic rings. The first-order valence-corrected chi connectivity index (χ1v) is 10.4. The second-order valence-electron chi connectivity index (χ2n) is 7.66. The number of fused-ring (bicyclic) bond motifs is 1. The van der Waals surface area contributed by atoms with Gasteiger partial charge in [0.1, 0.15) is 5.75 Å². The number of halogens is 1. The first kappa shape index (κ1) is 19.9. The van der Waals surface area contributed by atoms with Gasteiger partial charge in [0.05, 0.1) is 18.3 Å². The monoisotopic (exact) mass is 433 g/mol. The summed E-state index contributed by atoms with van der Waals surface area (Å²) >= 11 is 3.50. The minimum atomic E-state index is 0.00427. The van der Waals surface area contributed by atoms with Gasteiger partial charge in [-0.15, -0.1) is 0 Å². The van der Waals surface area contributed by atoms with E-state index in [1.54, 1.807) is 0 Å². The number of benzene rings is 1. The molecular formula is C21H28BrN3O2. The maximum absolute atomic E-state index is 12.6. The highest BCUT2D eigenvalue weighted by atomic mass is 79.9. The number of hydrogen-bond acceptors (Lipinski definition) is 3. The summed E-state index contributed by atoms with van der Waals surface area (Å²) in [5.41, 5.74) is 4.44. The second kappa shape index (κ2) is 8.46. The van der Waals surface area contributed by atoms with E-state index in [0.29, 0.717) is 18.9 Å². The maximum atomic E-state index is 12.6. The zero-order valence-electron chi connectivity index (χ0n) is 16.5. The van der Waals surface area contributed by atoms with Gasteiger partial charge in [0.25, 0.3) is 0 Å². The Kier molecular flexibility index (Phi) is 6.25. The molecule has 1 unspecified atom stereocenters. The molecule has 1 atom stereocenters. The molecule has 0 aliphatic carbocycles. The molecule has 1 aliphatic rings. The zero-order chi connectivity index (χ0) is 19.6. The zero-order valence-corrected chi connectivity index (χ0v) is 18.1. The molecule has 27 heavy (non-hydrogen) atoms. The quantitative estimate of drug-likeness (QED) is 0.729. The van der Waals surface area contributed by atoms with Crippen molar-refractivity contribution in [3.8, 4) is 5.75 Å². The third-order valence-corrected chi connectivity index (χ3v) is 5.51. The van der Waals surface area contributed by atoms with Gasteiger partial charge in [-0.05, 0) is 49.9 Å². The third kappa shape index (κ3) is 4.72. The average Bonchev–Trinajstić information content (AvgIpc) is 2.86. The van der Waals surface area contributed by atoms with E-state index in [0.717, 1.165) is 40.9 Å². The van der Waals surface area contributed by atoms with Crippen molar-refractivity contribution >= 4 is 21.8 Å². The summed E-state index contributed by atoms with van der Waals surface area (Å²) in [5.74, 6) is 1.48. The standard InChI is InChI=1S/C21H28BrN3O2/c1-13(2)12-25-15(4)17(14(3)24-25)6-8-21(26)23-19-9-10-27-20-7-5-16(22)11-18(19)20/h5,7,11,13,19H,6,8-10,12H2,1-4H3,(H,23,26). The van der Waals surface area contributed by atoms with E-state index >= 15 is 0 Å². The number of nitrogens with zero attached hydrogens (tertiary/aromatic N) is 2. The predicted octanol–water partition coefficient (Wildman–Crippen LogP) is 4.49. The SMILES string of the molecule is Cc1nn(CC(C)C)c(C)c1CCC(=O)NC1CCOc2ccc(Br)cc21. The Labute approximate surface area is 169 Å². The number of carbonyl (C=O) groups excluding carboxylic acids is 1. The van der Waals surface area contributed by atoms with Gasteiger partial charge in [0.2, 0.25) is 5.91 Å². The van der Waals surface area contributed by atoms with Crippen LogP contribution in [0.2, 0.25) is 0 Å². The van der Waals surface area contributed by atoms with Crippen molar-refractivity contribution in [3.63, 3.8) is 0 Å². The van der Waals surface area contributed by atoms with E-state index in [4.69, 9.17) is 4.74 Å². The van der Waals surface area contributed by atoms with Gasteiger partial charge in [-0.2, -0.15) is 5.10 Å². The lowest BCUT2D eigenvalue weighted by atomic mass is 10.00.